The summed E-state index contributed by atoms with van der Waals surface area (Å²) in [5.41, 5.74) is 0.0880. The normalized spacial score (nSPS) is 15.4. The van der Waals surface area contributed by atoms with Crippen LogP contribution in [0.4, 0.5) is 4.39 Å². The van der Waals surface area contributed by atoms with E-state index in [0.717, 1.165) is 19.6 Å². The zero-order valence-corrected chi connectivity index (χ0v) is 16.0. The maximum Gasteiger partial charge on any atom is 0.278 e. The molecule has 0 N–H and O–H groups in total. The second-order valence-corrected chi connectivity index (χ2v) is 7.35. The number of hydrogen-bond donors (Lipinski definition) is 0. The van der Waals surface area contributed by atoms with E-state index in [0.29, 0.717) is 24.7 Å². The Morgan fingerprint density at radius 3 is 2.48 bits per heavy atom. The second-order valence-electron chi connectivity index (χ2n) is 7.35. The van der Waals surface area contributed by atoms with Crippen LogP contribution < -0.4 is 5.43 Å². The fraction of sp³-hybridized carbons (Fsp3) is 0.450. The molecule has 0 aliphatic carbocycles. The molecule has 1 aromatic carbocycles. The standard InChI is InChI=1S/C20H25FN4O2/c1-14(2)13-23-8-10-24(11-9-23)20(27)19-18(26)12-15(3)25(22-19)17-7-5-4-6-16(17)21/h4-7,12,14H,8-11,13H2,1-3H3. The summed E-state index contributed by atoms with van der Waals surface area (Å²) in [7, 11) is 0. The molecule has 1 fully saturated rings. The average Bonchev–Trinajstić information content (AvgIpc) is 2.62. The summed E-state index contributed by atoms with van der Waals surface area (Å²) >= 11 is 0. The molecule has 3 rings (SSSR count). The molecule has 2 heterocycles. The van der Waals surface area contributed by atoms with Crippen molar-refractivity contribution in [3.05, 3.63) is 57.8 Å². The van der Waals surface area contributed by atoms with Crippen molar-refractivity contribution in [2.24, 2.45) is 5.92 Å². The highest BCUT2D eigenvalue weighted by Crippen LogP contribution is 2.14. The number of halogens is 1. The van der Waals surface area contributed by atoms with Crippen molar-refractivity contribution < 1.29 is 9.18 Å². The Kier molecular flexibility index (Phi) is 5.70. The Hall–Kier alpha value is -2.54. The molecular formula is C20H25FN4O2. The first-order valence-electron chi connectivity index (χ1n) is 9.24. The molecule has 0 spiro atoms. The molecular weight excluding hydrogens is 347 g/mol. The van der Waals surface area contributed by atoms with E-state index < -0.39 is 17.2 Å². The summed E-state index contributed by atoms with van der Waals surface area (Å²) in [5, 5.41) is 4.20. The van der Waals surface area contributed by atoms with Crippen LogP contribution in [-0.2, 0) is 0 Å². The molecule has 2 aromatic rings. The molecule has 144 valence electrons. The van der Waals surface area contributed by atoms with Gasteiger partial charge in [0.05, 0.1) is 0 Å². The minimum absolute atomic E-state index is 0.166. The molecule has 27 heavy (non-hydrogen) atoms. The minimum Gasteiger partial charge on any atom is -0.335 e. The number of hydrogen-bond acceptors (Lipinski definition) is 4. The van der Waals surface area contributed by atoms with Gasteiger partial charge in [-0.1, -0.05) is 26.0 Å². The van der Waals surface area contributed by atoms with Gasteiger partial charge in [0, 0.05) is 44.5 Å². The first-order valence-corrected chi connectivity index (χ1v) is 9.24. The molecule has 1 amide bonds. The summed E-state index contributed by atoms with van der Waals surface area (Å²) in [6, 6.07) is 7.50. The quantitative estimate of drug-likeness (QED) is 0.825. The molecule has 0 atom stereocenters. The van der Waals surface area contributed by atoms with Gasteiger partial charge in [0.1, 0.15) is 11.5 Å². The number of aryl methyl sites for hydroxylation is 1. The maximum absolute atomic E-state index is 14.2. The first kappa shape index (κ1) is 19.2. The lowest BCUT2D eigenvalue weighted by Gasteiger charge is -2.35. The van der Waals surface area contributed by atoms with Gasteiger partial charge < -0.3 is 4.90 Å². The lowest BCUT2D eigenvalue weighted by atomic mass is 10.2. The van der Waals surface area contributed by atoms with Crippen LogP contribution in [0, 0.1) is 18.7 Å². The summed E-state index contributed by atoms with van der Waals surface area (Å²) in [6.07, 6.45) is 0. The van der Waals surface area contributed by atoms with Crippen molar-refractivity contribution >= 4 is 5.91 Å². The second kappa shape index (κ2) is 8.00. The zero-order chi connectivity index (χ0) is 19.6. The Balaban J connectivity index is 1.85. The van der Waals surface area contributed by atoms with E-state index in [1.54, 1.807) is 30.0 Å². The van der Waals surface area contributed by atoms with Crippen molar-refractivity contribution in [1.29, 1.82) is 0 Å². The number of piperazine rings is 1. The predicted octanol–water partition coefficient (Wildman–Crippen LogP) is 2.09. The van der Waals surface area contributed by atoms with Crippen LogP contribution in [0.5, 0.6) is 0 Å². The first-order chi connectivity index (χ1) is 12.9. The van der Waals surface area contributed by atoms with Gasteiger partial charge in [-0.15, -0.1) is 0 Å². The fourth-order valence-electron chi connectivity index (χ4n) is 3.36. The zero-order valence-electron chi connectivity index (χ0n) is 16.0. The molecule has 1 aliphatic heterocycles. The third-order valence-electron chi connectivity index (χ3n) is 4.67. The minimum atomic E-state index is -0.461. The number of para-hydroxylation sites is 1. The maximum atomic E-state index is 14.2. The lowest BCUT2D eigenvalue weighted by molar-refractivity contribution is 0.0614. The predicted molar refractivity (Wildman–Crippen MR) is 102 cm³/mol. The highest BCUT2D eigenvalue weighted by Gasteiger charge is 2.26. The Labute approximate surface area is 158 Å². The van der Waals surface area contributed by atoms with Gasteiger partial charge >= 0.3 is 0 Å². The van der Waals surface area contributed by atoms with E-state index in [1.165, 1.54) is 16.8 Å². The van der Waals surface area contributed by atoms with Gasteiger partial charge in [0.2, 0.25) is 5.43 Å². The van der Waals surface area contributed by atoms with Gasteiger partial charge in [-0.25, -0.2) is 9.07 Å². The summed E-state index contributed by atoms with van der Waals surface area (Å²) in [6.45, 7) is 9.65. The topological polar surface area (TPSA) is 58.4 Å². The van der Waals surface area contributed by atoms with Crippen LogP contribution in [0.25, 0.3) is 5.69 Å². The highest BCUT2D eigenvalue weighted by molar-refractivity contribution is 5.92. The molecule has 0 bridgehead atoms. The Morgan fingerprint density at radius 1 is 1.19 bits per heavy atom. The van der Waals surface area contributed by atoms with Gasteiger partial charge in [-0.3, -0.25) is 14.5 Å². The number of amides is 1. The van der Waals surface area contributed by atoms with Crippen molar-refractivity contribution in [3.63, 3.8) is 0 Å². The van der Waals surface area contributed by atoms with Crippen LogP contribution in [0.15, 0.2) is 35.1 Å². The van der Waals surface area contributed by atoms with E-state index in [1.807, 2.05) is 0 Å². The number of aromatic nitrogens is 2. The third kappa shape index (κ3) is 4.24. The third-order valence-corrected chi connectivity index (χ3v) is 4.67. The number of nitrogens with zero attached hydrogens (tertiary/aromatic N) is 4. The van der Waals surface area contributed by atoms with Crippen LogP contribution in [0.3, 0.4) is 0 Å². The Morgan fingerprint density at radius 2 is 1.85 bits per heavy atom. The van der Waals surface area contributed by atoms with E-state index in [-0.39, 0.29) is 11.4 Å². The van der Waals surface area contributed by atoms with Crippen LogP contribution in [0.2, 0.25) is 0 Å². The summed E-state index contributed by atoms with van der Waals surface area (Å²) in [5.74, 6) is -0.286. The summed E-state index contributed by atoms with van der Waals surface area (Å²) in [4.78, 5) is 29.2. The number of benzene rings is 1. The van der Waals surface area contributed by atoms with E-state index >= 15 is 0 Å². The fourth-order valence-corrected chi connectivity index (χ4v) is 3.36. The molecule has 1 aromatic heterocycles. The van der Waals surface area contributed by atoms with E-state index in [9.17, 15) is 14.0 Å². The van der Waals surface area contributed by atoms with Crippen molar-refractivity contribution in [2.45, 2.75) is 20.8 Å². The molecule has 0 saturated carbocycles. The molecule has 7 heteroatoms. The average molecular weight is 372 g/mol. The molecule has 0 radical (unpaired) electrons. The van der Waals surface area contributed by atoms with Crippen molar-refractivity contribution in [2.75, 3.05) is 32.7 Å². The molecule has 1 saturated heterocycles. The molecule has 0 unspecified atom stereocenters. The van der Waals surface area contributed by atoms with Crippen LogP contribution in [-0.4, -0.2) is 58.2 Å². The SMILES string of the molecule is Cc1cc(=O)c(C(=O)N2CCN(CC(C)C)CC2)nn1-c1ccccc1F. The van der Waals surface area contributed by atoms with Crippen LogP contribution >= 0.6 is 0 Å². The van der Waals surface area contributed by atoms with Gasteiger partial charge in [-0.2, -0.15) is 5.10 Å². The van der Waals surface area contributed by atoms with Crippen molar-refractivity contribution in [3.8, 4) is 5.69 Å². The smallest absolute Gasteiger partial charge is 0.278 e. The van der Waals surface area contributed by atoms with Crippen LogP contribution in [0.1, 0.15) is 30.0 Å². The summed E-state index contributed by atoms with van der Waals surface area (Å²) < 4.78 is 15.5. The lowest BCUT2D eigenvalue weighted by Crippen LogP contribution is -2.50. The van der Waals surface area contributed by atoms with E-state index in [4.69, 9.17) is 0 Å². The number of carbonyl (C=O) groups is 1. The number of carbonyl (C=O) groups excluding carboxylic acids is 1. The van der Waals surface area contributed by atoms with Gasteiger partial charge in [0.25, 0.3) is 5.91 Å². The van der Waals surface area contributed by atoms with Gasteiger partial charge in [0.15, 0.2) is 5.69 Å². The largest absolute Gasteiger partial charge is 0.335 e. The van der Waals surface area contributed by atoms with Crippen molar-refractivity contribution in [1.82, 2.24) is 19.6 Å². The monoisotopic (exact) mass is 372 g/mol. The molecule has 1 aliphatic rings. The molecule has 6 nitrogen and oxygen atoms in total. The Bertz CT molecular complexity index is 886. The van der Waals surface area contributed by atoms with E-state index in [2.05, 4.69) is 23.8 Å². The number of rotatable bonds is 4. The van der Waals surface area contributed by atoms with Gasteiger partial charge in [-0.05, 0) is 25.0 Å². The highest BCUT2D eigenvalue weighted by atomic mass is 19.1.